The highest BCUT2D eigenvalue weighted by Crippen LogP contribution is 2.15. The molecule has 2 rings (SSSR count). The first kappa shape index (κ1) is 21.1. The fourth-order valence-electron chi connectivity index (χ4n) is 3.26. The Balaban J connectivity index is 1.71. The van der Waals surface area contributed by atoms with Gasteiger partial charge in [-0.3, -0.25) is 9.79 Å². The fourth-order valence-corrected chi connectivity index (χ4v) is 3.26. The molecule has 6 heteroatoms. The fraction of sp³-hybridized carbons (Fsp3) is 0.619. The molecule has 0 bridgehead atoms. The number of carbonyl (C=O) groups excluding carboxylic acids is 1. The number of rotatable bonds is 9. The van der Waals surface area contributed by atoms with Gasteiger partial charge in [-0.15, -0.1) is 0 Å². The Morgan fingerprint density at radius 1 is 1.07 bits per heavy atom. The Kier molecular flexibility index (Phi) is 9.52. The third-order valence-electron chi connectivity index (χ3n) is 4.81. The van der Waals surface area contributed by atoms with Crippen LogP contribution in [0.5, 0.6) is 0 Å². The highest BCUT2D eigenvalue weighted by Gasteiger charge is 2.19. The summed E-state index contributed by atoms with van der Waals surface area (Å²) in [5, 5.41) is 3.43. The largest absolute Gasteiger partial charge is 0.469 e. The minimum Gasteiger partial charge on any atom is -0.469 e. The van der Waals surface area contributed by atoms with Crippen molar-refractivity contribution in [2.24, 2.45) is 4.99 Å². The van der Waals surface area contributed by atoms with Crippen LogP contribution in [0.2, 0.25) is 0 Å². The van der Waals surface area contributed by atoms with Crippen LogP contribution in [0, 0.1) is 0 Å². The standard InChI is InChI=1S/C21H34N4O2/c1-3-22-21(23-14-10-5-4-9-13-20(26)27-2)25-17-15-24(16-18-25)19-11-7-6-8-12-19/h6-8,11-12H,3-5,9-10,13-18H2,1-2H3,(H,22,23). The quantitative estimate of drug-likeness (QED) is 0.312. The van der Waals surface area contributed by atoms with Crippen molar-refractivity contribution in [3.8, 4) is 0 Å². The maximum Gasteiger partial charge on any atom is 0.305 e. The summed E-state index contributed by atoms with van der Waals surface area (Å²) in [4.78, 5) is 20.7. The van der Waals surface area contributed by atoms with E-state index in [2.05, 4.69) is 57.1 Å². The Hall–Kier alpha value is -2.24. The van der Waals surface area contributed by atoms with E-state index < -0.39 is 0 Å². The molecular formula is C21H34N4O2. The Bertz CT molecular complexity index is 569. The van der Waals surface area contributed by atoms with Crippen LogP contribution in [0.15, 0.2) is 35.3 Å². The zero-order valence-corrected chi connectivity index (χ0v) is 16.8. The van der Waals surface area contributed by atoms with Gasteiger partial charge in [-0.05, 0) is 31.9 Å². The minimum absolute atomic E-state index is 0.114. The molecule has 1 aromatic rings. The number of hydrogen-bond donors (Lipinski definition) is 1. The molecule has 0 radical (unpaired) electrons. The van der Waals surface area contributed by atoms with E-state index in [0.717, 1.165) is 70.9 Å². The van der Waals surface area contributed by atoms with Crippen LogP contribution in [0.4, 0.5) is 5.69 Å². The lowest BCUT2D eigenvalue weighted by atomic mass is 10.1. The zero-order chi connectivity index (χ0) is 19.3. The topological polar surface area (TPSA) is 57.2 Å². The summed E-state index contributed by atoms with van der Waals surface area (Å²) < 4.78 is 4.66. The van der Waals surface area contributed by atoms with Crippen molar-refractivity contribution in [3.63, 3.8) is 0 Å². The number of methoxy groups -OCH3 is 1. The second-order valence-corrected chi connectivity index (χ2v) is 6.79. The van der Waals surface area contributed by atoms with E-state index >= 15 is 0 Å². The van der Waals surface area contributed by atoms with Crippen LogP contribution >= 0.6 is 0 Å². The predicted octanol–water partition coefficient (Wildman–Crippen LogP) is 2.90. The average Bonchev–Trinajstić information content (AvgIpc) is 2.73. The Morgan fingerprint density at radius 2 is 1.78 bits per heavy atom. The molecule has 1 saturated heterocycles. The summed E-state index contributed by atoms with van der Waals surface area (Å²) in [5.74, 6) is 0.914. The molecule has 1 N–H and O–H groups in total. The molecular weight excluding hydrogens is 340 g/mol. The van der Waals surface area contributed by atoms with Crippen molar-refractivity contribution in [1.82, 2.24) is 10.2 Å². The normalized spacial score (nSPS) is 15.0. The van der Waals surface area contributed by atoms with Crippen molar-refractivity contribution in [2.75, 3.05) is 51.3 Å². The van der Waals surface area contributed by atoms with Crippen LogP contribution in [-0.4, -0.2) is 63.2 Å². The lowest BCUT2D eigenvalue weighted by Gasteiger charge is -2.37. The smallest absolute Gasteiger partial charge is 0.305 e. The molecule has 1 aromatic carbocycles. The average molecular weight is 375 g/mol. The van der Waals surface area contributed by atoms with Gasteiger partial charge in [0.25, 0.3) is 0 Å². The van der Waals surface area contributed by atoms with Crippen LogP contribution in [0.25, 0.3) is 0 Å². The summed E-state index contributed by atoms with van der Waals surface area (Å²) >= 11 is 0. The van der Waals surface area contributed by atoms with Gasteiger partial charge in [-0.1, -0.05) is 31.0 Å². The molecule has 0 spiro atoms. The lowest BCUT2D eigenvalue weighted by molar-refractivity contribution is -0.140. The van der Waals surface area contributed by atoms with Crippen LogP contribution < -0.4 is 10.2 Å². The zero-order valence-electron chi connectivity index (χ0n) is 16.8. The number of guanidine groups is 1. The van der Waals surface area contributed by atoms with E-state index in [9.17, 15) is 4.79 Å². The van der Waals surface area contributed by atoms with Crippen LogP contribution in [-0.2, 0) is 9.53 Å². The summed E-state index contributed by atoms with van der Waals surface area (Å²) in [6.07, 6.45) is 4.63. The first-order valence-electron chi connectivity index (χ1n) is 10.1. The maximum atomic E-state index is 11.1. The molecule has 0 amide bonds. The highest BCUT2D eigenvalue weighted by molar-refractivity contribution is 5.80. The van der Waals surface area contributed by atoms with Gasteiger partial charge in [-0.2, -0.15) is 0 Å². The molecule has 0 saturated carbocycles. The molecule has 0 unspecified atom stereocenters. The third kappa shape index (κ3) is 7.49. The maximum absolute atomic E-state index is 11.1. The Morgan fingerprint density at radius 3 is 2.44 bits per heavy atom. The van der Waals surface area contributed by atoms with E-state index in [1.807, 2.05) is 0 Å². The van der Waals surface area contributed by atoms with Gasteiger partial charge in [0.05, 0.1) is 7.11 Å². The van der Waals surface area contributed by atoms with E-state index in [4.69, 9.17) is 4.99 Å². The van der Waals surface area contributed by atoms with Gasteiger partial charge in [-0.25, -0.2) is 0 Å². The van der Waals surface area contributed by atoms with Crippen molar-refractivity contribution < 1.29 is 9.53 Å². The molecule has 1 fully saturated rings. The number of nitrogens with zero attached hydrogens (tertiary/aromatic N) is 3. The molecule has 1 heterocycles. The summed E-state index contributed by atoms with van der Waals surface area (Å²) in [6.45, 7) is 7.84. The van der Waals surface area contributed by atoms with Crippen molar-refractivity contribution in [1.29, 1.82) is 0 Å². The number of benzene rings is 1. The number of nitrogens with one attached hydrogen (secondary N) is 1. The first-order valence-corrected chi connectivity index (χ1v) is 10.1. The highest BCUT2D eigenvalue weighted by atomic mass is 16.5. The summed E-state index contributed by atoms with van der Waals surface area (Å²) in [6, 6.07) is 10.6. The number of aliphatic imine (C=N–C) groups is 1. The Labute approximate surface area is 163 Å². The van der Waals surface area contributed by atoms with E-state index in [1.54, 1.807) is 0 Å². The lowest BCUT2D eigenvalue weighted by Crippen LogP contribution is -2.52. The summed E-state index contributed by atoms with van der Waals surface area (Å²) in [5.41, 5.74) is 1.30. The monoisotopic (exact) mass is 374 g/mol. The van der Waals surface area contributed by atoms with Gasteiger partial charge >= 0.3 is 5.97 Å². The van der Waals surface area contributed by atoms with Crippen LogP contribution in [0.1, 0.15) is 39.0 Å². The molecule has 0 aliphatic carbocycles. The minimum atomic E-state index is -0.114. The molecule has 0 aromatic heterocycles. The number of piperazine rings is 1. The first-order chi connectivity index (χ1) is 13.2. The van der Waals surface area contributed by atoms with Gasteiger partial charge in [0.2, 0.25) is 0 Å². The molecule has 1 aliphatic rings. The van der Waals surface area contributed by atoms with E-state index in [-0.39, 0.29) is 5.97 Å². The summed E-state index contributed by atoms with van der Waals surface area (Å²) in [7, 11) is 1.44. The predicted molar refractivity (Wildman–Crippen MR) is 111 cm³/mol. The van der Waals surface area contributed by atoms with E-state index in [1.165, 1.54) is 12.8 Å². The molecule has 150 valence electrons. The van der Waals surface area contributed by atoms with Crippen molar-refractivity contribution in [3.05, 3.63) is 30.3 Å². The SMILES string of the molecule is CCNC(=NCCCCCCC(=O)OC)N1CCN(c2ccccc2)CC1. The number of para-hydroxylation sites is 1. The van der Waals surface area contributed by atoms with Crippen molar-refractivity contribution in [2.45, 2.75) is 39.0 Å². The molecule has 0 atom stereocenters. The van der Waals surface area contributed by atoms with Gasteiger partial charge in [0.1, 0.15) is 0 Å². The van der Waals surface area contributed by atoms with E-state index in [0.29, 0.717) is 6.42 Å². The second-order valence-electron chi connectivity index (χ2n) is 6.79. The second kappa shape index (κ2) is 12.2. The number of carbonyl (C=O) groups is 1. The van der Waals surface area contributed by atoms with Crippen LogP contribution in [0.3, 0.4) is 0 Å². The molecule has 1 aliphatic heterocycles. The number of esters is 1. The van der Waals surface area contributed by atoms with Gasteiger partial charge in [0.15, 0.2) is 5.96 Å². The molecule has 6 nitrogen and oxygen atoms in total. The number of ether oxygens (including phenoxy) is 1. The third-order valence-corrected chi connectivity index (χ3v) is 4.81. The van der Waals surface area contributed by atoms with Gasteiger partial charge in [0, 0.05) is 51.4 Å². The number of hydrogen-bond acceptors (Lipinski definition) is 4. The number of unbranched alkanes of at least 4 members (excludes halogenated alkanes) is 3. The number of anilines is 1. The van der Waals surface area contributed by atoms with Gasteiger partial charge < -0.3 is 19.9 Å². The molecule has 27 heavy (non-hydrogen) atoms. The van der Waals surface area contributed by atoms with Crippen molar-refractivity contribution >= 4 is 17.6 Å².